The Bertz CT molecular complexity index is 1100. The number of hydrogen-bond acceptors (Lipinski definition) is 5. The first-order valence-corrected chi connectivity index (χ1v) is 8.53. The summed E-state index contributed by atoms with van der Waals surface area (Å²) in [5.41, 5.74) is 1.80. The van der Waals surface area contributed by atoms with Gasteiger partial charge in [0, 0.05) is 17.6 Å². The lowest BCUT2D eigenvalue weighted by Crippen LogP contribution is -2.12. The maximum absolute atomic E-state index is 13.3. The number of pyridine rings is 1. The highest BCUT2D eigenvalue weighted by Crippen LogP contribution is 2.27. The van der Waals surface area contributed by atoms with Crippen molar-refractivity contribution in [1.82, 2.24) is 19.7 Å². The lowest BCUT2D eigenvalue weighted by Gasteiger charge is -2.06. The molecule has 0 saturated heterocycles. The van der Waals surface area contributed by atoms with Gasteiger partial charge >= 0.3 is 0 Å². The molecule has 1 N–H and O–H groups in total. The summed E-state index contributed by atoms with van der Waals surface area (Å²) >= 11 is 1.23. The summed E-state index contributed by atoms with van der Waals surface area (Å²) in [7, 11) is 0. The van der Waals surface area contributed by atoms with Gasteiger partial charge in [0.25, 0.3) is 5.91 Å². The highest BCUT2D eigenvalue weighted by molar-refractivity contribution is 7.22. The summed E-state index contributed by atoms with van der Waals surface area (Å²) in [5, 5.41) is 8.25. The van der Waals surface area contributed by atoms with Gasteiger partial charge in [0.05, 0.1) is 22.0 Å². The summed E-state index contributed by atoms with van der Waals surface area (Å²) in [6.07, 6.45) is 3.21. The van der Waals surface area contributed by atoms with Crippen LogP contribution in [0.3, 0.4) is 0 Å². The predicted molar refractivity (Wildman–Crippen MR) is 95.4 cm³/mol. The number of aromatic nitrogens is 4. The van der Waals surface area contributed by atoms with Gasteiger partial charge in [0.2, 0.25) is 0 Å². The monoisotopic (exact) mass is 355 g/mol. The zero-order chi connectivity index (χ0) is 17.6. The molecule has 4 rings (SSSR count). The van der Waals surface area contributed by atoms with E-state index in [2.05, 4.69) is 20.4 Å². The number of nitrogens with one attached hydrogen (secondary N) is 1. The van der Waals surface area contributed by atoms with E-state index < -0.39 is 0 Å². The maximum atomic E-state index is 13.3. The van der Waals surface area contributed by atoms with Crippen LogP contribution in [0.2, 0.25) is 0 Å². The minimum Gasteiger partial charge on any atom is -0.298 e. The van der Waals surface area contributed by atoms with Crippen LogP contribution in [0.15, 0.2) is 36.7 Å². The summed E-state index contributed by atoms with van der Waals surface area (Å²) < 4.78 is 15.7. The predicted octanol–water partition coefficient (Wildman–Crippen LogP) is 4.01. The Morgan fingerprint density at radius 1 is 1.28 bits per heavy atom. The van der Waals surface area contributed by atoms with Crippen LogP contribution in [0.4, 0.5) is 9.52 Å². The SMILES string of the molecule is CC(C)n1ncc2cc(C(=O)Nc3nc4ccc(F)cc4s3)cnc21. The molecule has 0 radical (unpaired) electrons. The number of nitrogens with zero attached hydrogens (tertiary/aromatic N) is 4. The zero-order valence-electron chi connectivity index (χ0n) is 13.5. The highest BCUT2D eigenvalue weighted by atomic mass is 32.1. The molecule has 0 spiro atoms. The van der Waals surface area contributed by atoms with Gasteiger partial charge in [0.1, 0.15) is 5.82 Å². The summed E-state index contributed by atoms with van der Waals surface area (Å²) in [6.45, 7) is 4.04. The maximum Gasteiger partial charge on any atom is 0.259 e. The van der Waals surface area contributed by atoms with E-state index in [0.717, 1.165) is 11.0 Å². The average molecular weight is 355 g/mol. The molecule has 0 aliphatic carbocycles. The van der Waals surface area contributed by atoms with Gasteiger partial charge in [-0.3, -0.25) is 10.1 Å². The van der Waals surface area contributed by atoms with Gasteiger partial charge in [-0.05, 0) is 38.1 Å². The molecule has 1 aromatic carbocycles. The Kier molecular flexibility index (Phi) is 3.69. The van der Waals surface area contributed by atoms with Crippen LogP contribution in [-0.4, -0.2) is 25.7 Å². The number of hydrogen-bond donors (Lipinski definition) is 1. The average Bonchev–Trinajstić information content (AvgIpc) is 3.16. The fourth-order valence-corrected chi connectivity index (χ4v) is 3.45. The van der Waals surface area contributed by atoms with E-state index in [9.17, 15) is 9.18 Å². The number of carbonyl (C=O) groups excluding carboxylic acids is 1. The van der Waals surface area contributed by atoms with Gasteiger partial charge in [-0.25, -0.2) is 19.0 Å². The molecule has 0 saturated carbocycles. The van der Waals surface area contributed by atoms with Crippen molar-refractivity contribution in [1.29, 1.82) is 0 Å². The number of rotatable bonds is 3. The molecule has 4 aromatic rings. The van der Waals surface area contributed by atoms with Gasteiger partial charge in [-0.1, -0.05) is 11.3 Å². The highest BCUT2D eigenvalue weighted by Gasteiger charge is 2.14. The fraction of sp³-hybridized carbons (Fsp3) is 0.176. The van der Waals surface area contributed by atoms with Crippen molar-refractivity contribution in [3.05, 3.63) is 48.0 Å². The minimum absolute atomic E-state index is 0.188. The molecule has 0 bridgehead atoms. The largest absolute Gasteiger partial charge is 0.298 e. The quantitative estimate of drug-likeness (QED) is 0.602. The van der Waals surface area contributed by atoms with Crippen molar-refractivity contribution >= 4 is 43.6 Å². The Morgan fingerprint density at radius 3 is 2.92 bits per heavy atom. The molecular formula is C17H14FN5OS. The van der Waals surface area contributed by atoms with Gasteiger partial charge < -0.3 is 0 Å². The van der Waals surface area contributed by atoms with E-state index >= 15 is 0 Å². The summed E-state index contributed by atoms with van der Waals surface area (Å²) in [5.74, 6) is -0.642. The standard InChI is InChI=1S/C17H14FN5OS/c1-9(2)23-15-10(8-20-23)5-11(7-19-15)16(24)22-17-21-13-4-3-12(18)6-14(13)25-17/h3-9H,1-2H3,(H,21,22,24). The topological polar surface area (TPSA) is 72.7 Å². The van der Waals surface area contributed by atoms with Crippen molar-refractivity contribution in [3.8, 4) is 0 Å². The molecule has 126 valence electrons. The Morgan fingerprint density at radius 2 is 2.12 bits per heavy atom. The summed E-state index contributed by atoms with van der Waals surface area (Å²) in [6, 6.07) is 6.27. The zero-order valence-corrected chi connectivity index (χ0v) is 14.3. The van der Waals surface area contributed by atoms with Crippen LogP contribution < -0.4 is 5.32 Å². The number of amides is 1. The van der Waals surface area contributed by atoms with Crippen LogP contribution in [0, 0.1) is 5.82 Å². The van der Waals surface area contributed by atoms with Gasteiger partial charge in [0.15, 0.2) is 10.8 Å². The Hall–Kier alpha value is -2.87. The van der Waals surface area contributed by atoms with Crippen molar-refractivity contribution in [2.24, 2.45) is 0 Å². The number of anilines is 1. The first-order valence-electron chi connectivity index (χ1n) is 7.72. The smallest absolute Gasteiger partial charge is 0.259 e. The number of halogens is 1. The van der Waals surface area contributed by atoms with Crippen LogP contribution in [0.1, 0.15) is 30.2 Å². The number of thiazole rings is 1. The second-order valence-electron chi connectivity index (χ2n) is 5.90. The fourth-order valence-electron chi connectivity index (χ4n) is 2.56. The third-order valence-electron chi connectivity index (χ3n) is 3.76. The molecule has 0 fully saturated rings. The molecule has 0 atom stereocenters. The molecular weight excluding hydrogens is 341 g/mol. The Labute approximate surface area is 146 Å². The molecule has 1 amide bonds. The molecule has 8 heteroatoms. The number of benzene rings is 1. The molecule has 3 aromatic heterocycles. The van der Waals surface area contributed by atoms with Crippen LogP contribution in [0.25, 0.3) is 21.3 Å². The minimum atomic E-state index is -0.328. The third kappa shape index (κ3) is 2.85. The van der Waals surface area contributed by atoms with E-state index in [4.69, 9.17) is 0 Å². The van der Waals surface area contributed by atoms with Crippen LogP contribution >= 0.6 is 11.3 Å². The van der Waals surface area contributed by atoms with Crippen molar-refractivity contribution in [3.63, 3.8) is 0 Å². The normalized spacial score (nSPS) is 11.5. The van der Waals surface area contributed by atoms with Crippen LogP contribution in [0.5, 0.6) is 0 Å². The summed E-state index contributed by atoms with van der Waals surface area (Å²) in [4.78, 5) is 21.1. The van der Waals surface area contributed by atoms with E-state index in [-0.39, 0.29) is 17.8 Å². The van der Waals surface area contributed by atoms with Gasteiger partial charge in [-0.15, -0.1) is 0 Å². The first kappa shape index (κ1) is 15.6. The van der Waals surface area contributed by atoms with Crippen molar-refractivity contribution in [2.45, 2.75) is 19.9 Å². The van der Waals surface area contributed by atoms with Crippen molar-refractivity contribution in [2.75, 3.05) is 5.32 Å². The number of fused-ring (bicyclic) bond motifs is 2. The van der Waals surface area contributed by atoms with E-state index in [1.807, 2.05) is 13.8 Å². The Balaban J connectivity index is 1.62. The molecule has 0 aliphatic rings. The lowest BCUT2D eigenvalue weighted by molar-refractivity contribution is 0.102. The molecule has 3 heterocycles. The van der Waals surface area contributed by atoms with E-state index in [1.54, 1.807) is 23.0 Å². The number of carbonyl (C=O) groups is 1. The molecule has 0 aliphatic heterocycles. The first-order chi connectivity index (χ1) is 12.0. The third-order valence-corrected chi connectivity index (χ3v) is 4.69. The second kappa shape index (κ2) is 5.89. The van der Waals surface area contributed by atoms with Crippen molar-refractivity contribution < 1.29 is 9.18 Å². The molecule has 25 heavy (non-hydrogen) atoms. The van der Waals surface area contributed by atoms with Crippen LogP contribution in [-0.2, 0) is 0 Å². The molecule has 6 nitrogen and oxygen atoms in total. The molecule has 0 unspecified atom stereocenters. The van der Waals surface area contributed by atoms with E-state index in [1.165, 1.54) is 29.7 Å². The second-order valence-corrected chi connectivity index (χ2v) is 6.94. The van der Waals surface area contributed by atoms with Gasteiger partial charge in [-0.2, -0.15) is 5.10 Å². The van der Waals surface area contributed by atoms with E-state index in [0.29, 0.717) is 20.9 Å². The lowest BCUT2D eigenvalue weighted by atomic mass is 10.2.